The summed E-state index contributed by atoms with van der Waals surface area (Å²) in [6, 6.07) is 0. The molecular formula is C10H22N2S. The smallest absolute Gasteiger partial charge is 0.0870 e. The number of unbranched alkanes of at least 4 members (excludes halogenated alkanes) is 3. The normalized spacial score (nSPS) is 10.7. The number of thiocarbonyl (C=S) groups is 1. The fourth-order valence-electron chi connectivity index (χ4n) is 1.33. The van der Waals surface area contributed by atoms with Crippen molar-refractivity contribution in [2.75, 3.05) is 19.6 Å². The predicted molar refractivity (Wildman–Crippen MR) is 63.0 cm³/mol. The maximum Gasteiger partial charge on any atom is 0.0870 e. The van der Waals surface area contributed by atoms with Crippen LogP contribution < -0.4 is 5.73 Å². The lowest BCUT2D eigenvalue weighted by atomic mass is 10.2. The third-order valence-electron chi connectivity index (χ3n) is 2.15. The van der Waals surface area contributed by atoms with Gasteiger partial charge in [0.2, 0.25) is 0 Å². The van der Waals surface area contributed by atoms with Gasteiger partial charge in [0.15, 0.2) is 0 Å². The molecule has 0 aliphatic rings. The molecule has 0 fully saturated rings. The largest absolute Gasteiger partial charge is 0.392 e. The van der Waals surface area contributed by atoms with E-state index in [0.29, 0.717) is 4.99 Å². The molecule has 0 rings (SSSR count). The molecule has 78 valence electrons. The third-order valence-corrected chi connectivity index (χ3v) is 2.28. The third kappa shape index (κ3) is 8.19. The maximum atomic E-state index is 5.49. The van der Waals surface area contributed by atoms with Gasteiger partial charge in [-0.2, -0.15) is 0 Å². The van der Waals surface area contributed by atoms with Gasteiger partial charge in [0.1, 0.15) is 0 Å². The Morgan fingerprint density at radius 2 is 1.92 bits per heavy atom. The van der Waals surface area contributed by atoms with Crippen molar-refractivity contribution in [1.29, 1.82) is 0 Å². The molecule has 3 heteroatoms. The quantitative estimate of drug-likeness (QED) is 0.483. The first-order chi connectivity index (χ1) is 6.20. The summed E-state index contributed by atoms with van der Waals surface area (Å²) >= 11 is 4.88. The van der Waals surface area contributed by atoms with Gasteiger partial charge >= 0.3 is 0 Å². The van der Waals surface area contributed by atoms with Gasteiger partial charge in [-0.3, -0.25) is 4.90 Å². The standard InChI is InChI=1S/C10H22N2S/c1-3-5-6-7-8-12(4-2)9-10(11)13/h3-9H2,1-2H3,(H2,11,13). The van der Waals surface area contributed by atoms with Crippen LogP contribution in [0.5, 0.6) is 0 Å². The Balaban J connectivity index is 3.42. The minimum Gasteiger partial charge on any atom is -0.392 e. The van der Waals surface area contributed by atoms with Gasteiger partial charge in [0.05, 0.1) is 4.99 Å². The first-order valence-electron chi connectivity index (χ1n) is 5.21. The number of hydrogen-bond donors (Lipinski definition) is 1. The fourth-order valence-corrected chi connectivity index (χ4v) is 1.51. The lowest BCUT2D eigenvalue weighted by Gasteiger charge is -2.19. The number of nitrogens with two attached hydrogens (primary N) is 1. The van der Waals surface area contributed by atoms with Crippen LogP contribution in [0.1, 0.15) is 39.5 Å². The molecule has 2 N–H and O–H groups in total. The zero-order valence-electron chi connectivity index (χ0n) is 8.88. The zero-order valence-corrected chi connectivity index (χ0v) is 9.70. The number of likely N-dealkylation sites (N-methyl/N-ethyl adjacent to an activating group) is 1. The van der Waals surface area contributed by atoms with E-state index in [1.165, 1.54) is 25.7 Å². The van der Waals surface area contributed by atoms with Crippen LogP contribution in [0.4, 0.5) is 0 Å². The molecule has 0 atom stereocenters. The van der Waals surface area contributed by atoms with Crippen LogP contribution in [-0.4, -0.2) is 29.5 Å². The van der Waals surface area contributed by atoms with Crippen molar-refractivity contribution in [2.24, 2.45) is 5.73 Å². The molecule has 0 saturated carbocycles. The van der Waals surface area contributed by atoms with Crippen LogP contribution >= 0.6 is 12.2 Å². The molecule has 13 heavy (non-hydrogen) atoms. The van der Waals surface area contributed by atoms with Gasteiger partial charge in [-0.15, -0.1) is 0 Å². The SMILES string of the molecule is CCCCCCN(CC)CC(N)=S. The molecule has 0 spiro atoms. The first kappa shape index (κ1) is 12.8. The lowest BCUT2D eigenvalue weighted by Crippen LogP contribution is -2.33. The van der Waals surface area contributed by atoms with E-state index in [1.54, 1.807) is 0 Å². The molecule has 0 amide bonds. The highest BCUT2D eigenvalue weighted by Crippen LogP contribution is 2.00. The van der Waals surface area contributed by atoms with Crippen LogP contribution in [0.3, 0.4) is 0 Å². The molecule has 2 nitrogen and oxygen atoms in total. The van der Waals surface area contributed by atoms with Crippen LogP contribution in [0, 0.1) is 0 Å². The summed E-state index contributed by atoms with van der Waals surface area (Å²) in [4.78, 5) is 2.91. The van der Waals surface area contributed by atoms with E-state index < -0.39 is 0 Å². The van der Waals surface area contributed by atoms with Gasteiger partial charge in [-0.1, -0.05) is 45.3 Å². The molecule has 0 aliphatic heterocycles. The van der Waals surface area contributed by atoms with E-state index in [-0.39, 0.29) is 0 Å². The number of nitrogens with zero attached hydrogens (tertiary/aromatic N) is 1. The molecule has 0 saturated heterocycles. The van der Waals surface area contributed by atoms with Crippen molar-refractivity contribution in [3.8, 4) is 0 Å². The molecule has 0 bridgehead atoms. The summed E-state index contributed by atoms with van der Waals surface area (Å²) in [6.07, 6.45) is 5.22. The van der Waals surface area contributed by atoms with Crippen LogP contribution in [0.15, 0.2) is 0 Å². The van der Waals surface area contributed by atoms with Crippen molar-refractivity contribution in [1.82, 2.24) is 4.90 Å². The van der Waals surface area contributed by atoms with E-state index in [2.05, 4.69) is 18.7 Å². The molecule has 0 aromatic rings. The van der Waals surface area contributed by atoms with Crippen molar-refractivity contribution in [3.63, 3.8) is 0 Å². The lowest BCUT2D eigenvalue weighted by molar-refractivity contribution is 0.319. The van der Waals surface area contributed by atoms with Crippen LogP contribution in [-0.2, 0) is 0 Å². The van der Waals surface area contributed by atoms with Crippen molar-refractivity contribution < 1.29 is 0 Å². The van der Waals surface area contributed by atoms with Crippen LogP contribution in [0.25, 0.3) is 0 Å². The summed E-state index contributed by atoms with van der Waals surface area (Å²) in [5, 5.41) is 0. The maximum absolute atomic E-state index is 5.49. The average molecular weight is 202 g/mol. The van der Waals surface area contributed by atoms with Gasteiger partial charge in [0, 0.05) is 6.54 Å². The Morgan fingerprint density at radius 3 is 2.38 bits per heavy atom. The predicted octanol–water partition coefficient (Wildman–Crippen LogP) is 2.17. The summed E-state index contributed by atoms with van der Waals surface area (Å²) in [7, 11) is 0. The number of hydrogen-bond acceptors (Lipinski definition) is 2. The van der Waals surface area contributed by atoms with Crippen molar-refractivity contribution >= 4 is 17.2 Å². The summed E-state index contributed by atoms with van der Waals surface area (Å²) in [6.45, 7) is 7.33. The van der Waals surface area contributed by atoms with E-state index in [1.807, 2.05) is 0 Å². The second-order valence-electron chi connectivity index (χ2n) is 3.40. The topological polar surface area (TPSA) is 29.3 Å². The molecule has 0 unspecified atom stereocenters. The zero-order chi connectivity index (χ0) is 10.1. The van der Waals surface area contributed by atoms with Crippen LogP contribution in [0.2, 0.25) is 0 Å². The van der Waals surface area contributed by atoms with Crippen molar-refractivity contribution in [3.05, 3.63) is 0 Å². The summed E-state index contributed by atoms with van der Waals surface area (Å²) in [5.41, 5.74) is 5.49. The Labute approximate surface area is 87.5 Å². The highest BCUT2D eigenvalue weighted by atomic mass is 32.1. The number of rotatable bonds is 8. The van der Waals surface area contributed by atoms with E-state index >= 15 is 0 Å². The van der Waals surface area contributed by atoms with Gasteiger partial charge in [-0.05, 0) is 19.5 Å². The first-order valence-corrected chi connectivity index (χ1v) is 5.62. The highest BCUT2D eigenvalue weighted by Gasteiger charge is 2.02. The van der Waals surface area contributed by atoms with Gasteiger partial charge < -0.3 is 5.73 Å². The highest BCUT2D eigenvalue weighted by molar-refractivity contribution is 7.80. The Bertz CT molecular complexity index is 137. The van der Waals surface area contributed by atoms with E-state index in [0.717, 1.165) is 19.6 Å². The van der Waals surface area contributed by atoms with Gasteiger partial charge in [-0.25, -0.2) is 0 Å². The fraction of sp³-hybridized carbons (Fsp3) is 0.900. The van der Waals surface area contributed by atoms with E-state index in [9.17, 15) is 0 Å². The molecular weight excluding hydrogens is 180 g/mol. The molecule has 0 aliphatic carbocycles. The van der Waals surface area contributed by atoms with Gasteiger partial charge in [0.25, 0.3) is 0 Å². The summed E-state index contributed by atoms with van der Waals surface area (Å²) in [5.74, 6) is 0. The second kappa shape index (κ2) is 8.45. The Kier molecular flexibility index (Phi) is 8.35. The Hall–Kier alpha value is -0.150. The minimum absolute atomic E-state index is 0.609. The van der Waals surface area contributed by atoms with Crippen molar-refractivity contribution in [2.45, 2.75) is 39.5 Å². The Morgan fingerprint density at radius 1 is 1.23 bits per heavy atom. The average Bonchev–Trinajstić information content (AvgIpc) is 2.09. The minimum atomic E-state index is 0.609. The molecule has 0 radical (unpaired) electrons. The molecule has 0 aromatic heterocycles. The second-order valence-corrected chi connectivity index (χ2v) is 3.92. The van der Waals surface area contributed by atoms with E-state index in [4.69, 9.17) is 18.0 Å². The molecule has 0 aromatic carbocycles. The summed E-state index contributed by atoms with van der Waals surface area (Å²) < 4.78 is 0. The monoisotopic (exact) mass is 202 g/mol. The molecule has 0 heterocycles.